The van der Waals surface area contributed by atoms with Gasteiger partial charge in [-0.15, -0.1) is 0 Å². The summed E-state index contributed by atoms with van der Waals surface area (Å²) in [6.45, 7) is 7.52. The van der Waals surface area contributed by atoms with Crippen molar-refractivity contribution in [3.63, 3.8) is 0 Å². The Morgan fingerprint density at radius 3 is 2.14 bits per heavy atom. The van der Waals surface area contributed by atoms with Gasteiger partial charge < -0.3 is 4.90 Å². The first-order valence-electron chi connectivity index (χ1n) is 10.3. The van der Waals surface area contributed by atoms with Crippen LogP contribution in [-0.2, 0) is 14.8 Å². The molecule has 7 nitrogen and oxygen atoms in total. The van der Waals surface area contributed by atoms with E-state index < -0.39 is 10.0 Å². The molecule has 0 bridgehead atoms. The van der Waals surface area contributed by atoms with E-state index in [4.69, 9.17) is 0 Å². The van der Waals surface area contributed by atoms with Crippen LogP contribution >= 0.6 is 0 Å². The number of nitrogens with zero attached hydrogens (tertiary/aromatic N) is 4. The summed E-state index contributed by atoms with van der Waals surface area (Å²) in [5.74, 6) is 0.262. The van der Waals surface area contributed by atoms with Crippen LogP contribution in [0.5, 0.6) is 0 Å². The minimum Gasteiger partial charge on any atom is -0.340 e. The third kappa shape index (κ3) is 4.80. The number of amides is 1. The number of piperidine rings is 1. The predicted octanol–water partition coefficient (Wildman–Crippen LogP) is 1.78. The molecule has 0 aromatic heterocycles. The van der Waals surface area contributed by atoms with Crippen molar-refractivity contribution in [2.45, 2.75) is 37.6 Å². The van der Waals surface area contributed by atoms with Gasteiger partial charge in [-0.1, -0.05) is 32.0 Å². The lowest BCUT2D eigenvalue weighted by atomic mass is 9.96. The van der Waals surface area contributed by atoms with Crippen LogP contribution in [0.3, 0.4) is 0 Å². The number of rotatable bonds is 5. The zero-order valence-electron chi connectivity index (χ0n) is 17.2. The van der Waals surface area contributed by atoms with Crippen LogP contribution in [-0.4, -0.2) is 73.7 Å². The molecular formula is C21H30N4O3S. The van der Waals surface area contributed by atoms with Crippen LogP contribution in [0.1, 0.15) is 26.7 Å². The molecule has 0 aliphatic carbocycles. The Labute approximate surface area is 173 Å². The minimum absolute atomic E-state index is 0.112. The summed E-state index contributed by atoms with van der Waals surface area (Å²) in [4.78, 5) is 17.3. The molecule has 2 heterocycles. The van der Waals surface area contributed by atoms with E-state index in [0.717, 1.165) is 0 Å². The second-order valence-corrected chi connectivity index (χ2v) is 10.1. The van der Waals surface area contributed by atoms with Crippen molar-refractivity contribution in [1.29, 1.82) is 5.26 Å². The molecule has 158 valence electrons. The predicted molar refractivity (Wildman–Crippen MR) is 110 cm³/mol. The first kappa shape index (κ1) is 21.8. The zero-order chi connectivity index (χ0) is 21.0. The highest BCUT2D eigenvalue weighted by molar-refractivity contribution is 7.89. The van der Waals surface area contributed by atoms with Gasteiger partial charge >= 0.3 is 0 Å². The molecule has 0 spiro atoms. The number of carbonyl (C=O) groups excluding carboxylic acids is 1. The van der Waals surface area contributed by atoms with E-state index in [-0.39, 0.29) is 23.8 Å². The van der Waals surface area contributed by atoms with Crippen molar-refractivity contribution >= 4 is 15.9 Å². The van der Waals surface area contributed by atoms with E-state index in [0.29, 0.717) is 57.0 Å². The van der Waals surface area contributed by atoms with Gasteiger partial charge in [-0.25, -0.2) is 8.42 Å². The maximum absolute atomic E-state index is 12.9. The number of hydrogen-bond donors (Lipinski definition) is 0. The van der Waals surface area contributed by atoms with Crippen molar-refractivity contribution < 1.29 is 13.2 Å². The van der Waals surface area contributed by atoms with E-state index in [1.807, 2.05) is 18.7 Å². The largest absolute Gasteiger partial charge is 0.340 e. The SMILES string of the molecule is CC(C)C(C#N)N1CCN(C(=O)C2CCN(S(=O)(=O)c3ccccc3)CC2)CC1. The Balaban J connectivity index is 1.53. The standard InChI is InChI=1S/C21H30N4O3S/c1-17(2)20(16-22)23-12-14-24(15-13-23)21(26)18-8-10-25(11-9-18)29(27,28)19-6-4-3-5-7-19/h3-7,17-18,20H,8-15H2,1-2H3. The maximum atomic E-state index is 12.9. The molecule has 1 aromatic carbocycles. The van der Waals surface area contributed by atoms with Gasteiger partial charge in [0.2, 0.25) is 15.9 Å². The normalized spacial score (nSPS) is 21.1. The first-order chi connectivity index (χ1) is 13.8. The van der Waals surface area contributed by atoms with E-state index in [2.05, 4.69) is 11.0 Å². The molecule has 1 atom stereocenters. The Bertz CT molecular complexity index is 834. The number of benzene rings is 1. The molecule has 0 N–H and O–H groups in total. The molecule has 1 amide bonds. The van der Waals surface area contributed by atoms with Crippen LogP contribution in [0.4, 0.5) is 0 Å². The van der Waals surface area contributed by atoms with E-state index in [1.165, 1.54) is 4.31 Å². The summed E-state index contributed by atoms with van der Waals surface area (Å²) in [5, 5.41) is 9.37. The van der Waals surface area contributed by atoms with Crippen LogP contribution in [0, 0.1) is 23.2 Å². The fraction of sp³-hybridized carbons (Fsp3) is 0.619. The van der Waals surface area contributed by atoms with Crippen molar-refractivity contribution in [2.75, 3.05) is 39.3 Å². The van der Waals surface area contributed by atoms with Crippen molar-refractivity contribution in [3.8, 4) is 6.07 Å². The summed E-state index contributed by atoms with van der Waals surface area (Å²) in [7, 11) is -3.49. The topological polar surface area (TPSA) is 84.7 Å². The minimum atomic E-state index is -3.49. The first-order valence-corrected chi connectivity index (χ1v) is 11.8. The Morgan fingerprint density at radius 2 is 1.62 bits per heavy atom. The molecule has 2 aliphatic heterocycles. The van der Waals surface area contributed by atoms with Gasteiger partial charge in [0.1, 0.15) is 6.04 Å². The van der Waals surface area contributed by atoms with Crippen LogP contribution in [0.15, 0.2) is 35.2 Å². The number of hydrogen-bond acceptors (Lipinski definition) is 5. The molecule has 8 heteroatoms. The number of nitriles is 1. The second-order valence-electron chi connectivity index (χ2n) is 8.17. The zero-order valence-corrected chi connectivity index (χ0v) is 18.0. The lowest BCUT2D eigenvalue weighted by Crippen LogP contribution is -2.54. The van der Waals surface area contributed by atoms with Gasteiger partial charge in [0.15, 0.2) is 0 Å². The molecule has 1 aromatic rings. The molecule has 29 heavy (non-hydrogen) atoms. The summed E-state index contributed by atoms with van der Waals surface area (Å²) in [6, 6.07) is 10.7. The molecule has 3 rings (SSSR count). The second kappa shape index (κ2) is 9.24. The third-order valence-electron chi connectivity index (χ3n) is 5.97. The van der Waals surface area contributed by atoms with Crippen molar-refractivity contribution in [2.24, 2.45) is 11.8 Å². The average molecular weight is 419 g/mol. The summed E-state index contributed by atoms with van der Waals surface area (Å²) in [6.07, 6.45) is 1.11. The molecule has 2 fully saturated rings. The quantitative estimate of drug-likeness (QED) is 0.728. The number of piperazine rings is 1. The highest BCUT2D eigenvalue weighted by Gasteiger charge is 2.35. The fourth-order valence-corrected chi connectivity index (χ4v) is 5.71. The smallest absolute Gasteiger partial charge is 0.243 e. The summed E-state index contributed by atoms with van der Waals surface area (Å²) in [5.41, 5.74) is 0. The van der Waals surface area contributed by atoms with Gasteiger partial charge in [-0.05, 0) is 30.9 Å². The summed E-state index contributed by atoms with van der Waals surface area (Å²) < 4.78 is 27.0. The molecule has 0 radical (unpaired) electrons. The fourth-order valence-electron chi connectivity index (χ4n) is 4.22. The molecule has 0 saturated carbocycles. The lowest BCUT2D eigenvalue weighted by Gasteiger charge is -2.40. The third-order valence-corrected chi connectivity index (χ3v) is 7.88. The van der Waals surface area contributed by atoms with Crippen LogP contribution < -0.4 is 0 Å². The molecule has 1 unspecified atom stereocenters. The number of sulfonamides is 1. The average Bonchev–Trinajstić information content (AvgIpc) is 2.75. The van der Waals surface area contributed by atoms with Gasteiger partial charge in [-0.3, -0.25) is 9.69 Å². The van der Waals surface area contributed by atoms with Crippen molar-refractivity contribution in [3.05, 3.63) is 30.3 Å². The highest BCUT2D eigenvalue weighted by Crippen LogP contribution is 2.25. The van der Waals surface area contributed by atoms with Crippen LogP contribution in [0.25, 0.3) is 0 Å². The Kier molecular flexibility index (Phi) is 6.93. The molecular weight excluding hydrogens is 388 g/mol. The maximum Gasteiger partial charge on any atom is 0.243 e. The van der Waals surface area contributed by atoms with Gasteiger partial charge in [0, 0.05) is 45.2 Å². The highest BCUT2D eigenvalue weighted by atomic mass is 32.2. The molecule has 2 saturated heterocycles. The summed E-state index contributed by atoms with van der Waals surface area (Å²) >= 11 is 0. The van der Waals surface area contributed by atoms with E-state index in [9.17, 15) is 18.5 Å². The van der Waals surface area contributed by atoms with Gasteiger partial charge in [0.05, 0.1) is 11.0 Å². The van der Waals surface area contributed by atoms with Gasteiger partial charge in [0.25, 0.3) is 0 Å². The molecule has 2 aliphatic rings. The van der Waals surface area contributed by atoms with E-state index in [1.54, 1.807) is 30.3 Å². The van der Waals surface area contributed by atoms with Crippen LogP contribution in [0.2, 0.25) is 0 Å². The number of carbonyl (C=O) groups is 1. The van der Waals surface area contributed by atoms with Gasteiger partial charge in [-0.2, -0.15) is 9.57 Å². The Morgan fingerprint density at radius 1 is 1.03 bits per heavy atom. The van der Waals surface area contributed by atoms with E-state index >= 15 is 0 Å². The monoisotopic (exact) mass is 418 g/mol. The Hall–Kier alpha value is -1.95. The lowest BCUT2D eigenvalue weighted by molar-refractivity contribution is -0.138. The van der Waals surface area contributed by atoms with Crippen molar-refractivity contribution in [1.82, 2.24) is 14.1 Å².